The first-order chi connectivity index (χ1) is 6.50. The summed E-state index contributed by atoms with van der Waals surface area (Å²) in [7, 11) is 0. The number of rotatable bonds is 5. The normalized spacial score (nSPS) is 17.9. The van der Waals surface area contributed by atoms with Crippen LogP contribution in [0.15, 0.2) is 0 Å². The zero-order valence-corrected chi connectivity index (χ0v) is 9.64. The van der Waals surface area contributed by atoms with E-state index in [1.54, 1.807) is 0 Å². The molecule has 82 valence electrons. The number of ketones is 1. The Morgan fingerprint density at radius 2 is 2.00 bits per heavy atom. The maximum Gasteiger partial charge on any atom is 0.163 e. The van der Waals surface area contributed by atoms with Crippen LogP contribution in [0.4, 0.5) is 0 Å². The van der Waals surface area contributed by atoms with Gasteiger partial charge in [0, 0.05) is 12.0 Å². The molecule has 1 rings (SSSR count). The van der Waals surface area contributed by atoms with Gasteiger partial charge in [0.1, 0.15) is 6.61 Å². The lowest BCUT2D eigenvalue weighted by Gasteiger charge is -2.25. The lowest BCUT2D eigenvalue weighted by atomic mass is 9.83. The molecule has 0 saturated heterocycles. The molecule has 0 radical (unpaired) electrons. The van der Waals surface area contributed by atoms with Crippen LogP contribution in [0.5, 0.6) is 0 Å². The van der Waals surface area contributed by atoms with Gasteiger partial charge in [-0.05, 0) is 12.3 Å². The van der Waals surface area contributed by atoms with Crippen molar-refractivity contribution in [1.29, 1.82) is 0 Å². The first-order valence-electron chi connectivity index (χ1n) is 5.61. The SMILES string of the molecule is CC(C)(C)C(=O)COCCC1CCC1. The highest BCUT2D eigenvalue weighted by Crippen LogP contribution is 2.29. The fraction of sp³-hybridized carbons (Fsp3) is 0.917. The van der Waals surface area contributed by atoms with E-state index >= 15 is 0 Å². The van der Waals surface area contributed by atoms with Gasteiger partial charge in [0.05, 0.1) is 0 Å². The molecule has 0 aromatic carbocycles. The van der Waals surface area contributed by atoms with E-state index in [4.69, 9.17) is 4.74 Å². The Morgan fingerprint density at radius 1 is 1.36 bits per heavy atom. The summed E-state index contributed by atoms with van der Waals surface area (Å²) in [5, 5.41) is 0. The standard InChI is InChI=1S/C12H22O2/c1-12(2,3)11(13)9-14-8-7-10-5-4-6-10/h10H,4-9H2,1-3H3. The molecule has 0 aliphatic heterocycles. The Hall–Kier alpha value is -0.370. The highest BCUT2D eigenvalue weighted by atomic mass is 16.5. The average Bonchev–Trinajstić information content (AvgIpc) is 1.98. The lowest BCUT2D eigenvalue weighted by Crippen LogP contribution is -2.25. The van der Waals surface area contributed by atoms with Crippen LogP contribution in [0.3, 0.4) is 0 Å². The second kappa shape index (κ2) is 4.92. The van der Waals surface area contributed by atoms with E-state index in [0.717, 1.165) is 18.9 Å². The Labute approximate surface area is 87.0 Å². The van der Waals surface area contributed by atoms with Crippen LogP contribution in [0.25, 0.3) is 0 Å². The second-order valence-corrected chi connectivity index (χ2v) is 5.31. The number of ether oxygens (including phenoxy) is 1. The Bertz CT molecular complexity index is 187. The minimum absolute atomic E-state index is 0.200. The van der Waals surface area contributed by atoms with Gasteiger partial charge in [-0.2, -0.15) is 0 Å². The Morgan fingerprint density at radius 3 is 2.43 bits per heavy atom. The minimum atomic E-state index is -0.254. The van der Waals surface area contributed by atoms with Crippen molar-refractivity contribution in [3.63, 3.8) is 0 Å². The predicted molar refractivity (Wildman–Crippen MR) is 57.2 cm³/mol. The fourth-order valence-electron chi connectivity index (χ4n) is 1.41. The third kappa shape index (κ3) is 3.79. The summed E-state index contributed by atoms with van der Waals surface area (Å²) in [6.45, 7) is 6.85. The highest BCUT2D eigenvalue weighted by Gasteiger charge is 2.21. The highest BCUT2D eigenvalue weighted by molar-refractivity contribution is 5.84. The molecular weight excluding hydrogens is 176 g/mol. The van der Waals surface area contributed by atoms with Crippen molar-refractivity contribution in [2.45, 2.75) is 46.5 Å². The van der Waals surface area contributed by atoms with Crippen molar-refractivity contribution in [1.82, 2.24) is 0 Å². The first-order valence-corrected chi connectivity index (χ1v) is 5.61. The smallest absolute Gasteiger partial charge is 0.163 e. The zero-order valence-electron chi connectivity index (χ0n) is 9.64. The maximum absolute atomic E-state index is 11.5. The van der Waals surface area contributed by atoms with E-state index in [0.29, 0.717) is 0 Å². The molecular formula is C12H22O2. The average molecular weight is 198 g/mol. The van der Waals surface area contributed by atoms with Crippen LogP contribution in [-0.4, -0.2) is 19.0 Å². The molecule has 0 spiro atoms. The molecule has 0 aromatic rings. The third-order valence-corrected chi connectivity index (χ3v) is 2.96. The molecule has 0 unspecified atom stereocenters. The van der Waals surface area contributed by atoms with Gasteiger partial charge in [0.15, 0.2) is 5.78 Å². The molecule has 2 heteroatoms. The topological polar surface area (TPSA) is 26.3 Å². The van der Waals surface area contributed by atoms with Crippen molar-refractivity contribution >= 4 is 5.78 Å². The van der Waals surface area contributed by atoms with E-state index in [2.05, 4.69) is 0 Å². The number of carbonyl (C=O) groups excluding carboxylic acids is 1. The van der Waals surface area contributed by atoms with Crippen molar-refractivity contribution in [2.24, 2.45) is 11.3 Å². The molecule has 14 heavy (non-hydrogen) atoms. The first kappa shape index (κ1) is 11.7. The summed E-state index contributed by atoms with van der Waals surface area (Å²) in [6, 6.07) is 0. The van der Waals surface area contributed by atoms with Crippen LogP contribution in [0.1, 0.15) is 46.5 Å². The zero-order chi connectivity index (χ0) is 10.6. The number of carbonyl (C=O) groups is 1. The molecule has 0 heterocycles. The van der Waals surface area contributed by atoms with Gasteiger partial charge in [0.2, 0.25) is 0 Å². The molecule has 1 fully saturated rings. The fourth-order valence-corrected chi connectivity index (χ4v) is 1.41. The monoisotopic (exact) mass is 198 g/mol. The van der Waals surface area contributed by atoms with Gasteiger partial charge in [-0.25, -0.2) is 0 Å². The summed E-state index contributed by atoms with van der Waals surface area (Å²) in [4.78, 5) is 11.5. The Balaban J connectivity index is 2.00. The van der Waals surface area contributed by atoms with Crippen molar-refractivity contribution in [3.05, 3.63) is 0 Å². The maximum atomic E-state index is 11.5. The number of hydrogen-bond acceptors (Lipinski definition) is 2. The molecule has 0 N–H and O–H groups in total. The molecule has 2 nitrogen and oxygen atoms in total. The summed E-state index contributed by atoms with van der Waals surface area (Å²) in [5.41, 5.74) is -0.254. The molecule has 0 aromatic heterocycles. The van der Waals surface area contributed by atoms with Gasteiger partial charge in [0.25, 0.3) is 0 Å². The van der Waals surface area contributed by atoms with Gasteiger partial charge < -0.3 is 4.74 Å². The van der Waals surface area contributed by atoms with Gasteiger partial charge >= 0.3 is 0 Å². The molecule has 1 saturated carbocycles. The lowest BCUT2D eigenvalue weighted by molar-refractivity contribution is -0.131. The van der Waals surface area contributed by atoms with Crippen molar-refractivity contribution in [3.8, 4) is 0 Å². The summed E-state index contributed by atoms with van der Waals surface area (Å²) in [5.74, 6) is 1.07. The Kier molecular flexibility index (Phi) is 4.11. The van der Waals surface area contributed by atoms with Crippen LogP contribution >= 0.6 is 0 Å². The van der Waals surface area contributed by atoms with Crippen LogP contribution in [0, 0.1) is 11.3 Å². The predicted octanol–water partition coefficient (Wildman–Crippen LogP) is 2.81. The largest absolute Gasteiger partial charge is 0.374 e. The van der Waals surface area contributed by atoms with Gasteiger partial charge in [-0.15, -0.1) is 0 Å². The van der Waals surface area contributed by atoms with Gasteiger partial charge in [-0.1, -0.05) is 40.0 Å². The molecule has 0 bridgehead atoms. The van der Waals surface area contributed by atoms with E-state index < -0.39 is 0 Å². The van der Waals surface area contributed by atoms with Crippen LogP contribution in [0.2, 0.25) is 0 Å². The van der Waals surface area contributed by atoms with E-state index in [1.165, 1.54) is 19.3 Å². The van der Waals surface area contributed by atoms with Crippen LogP contribution < -0.4 is 0 Å². The summed E-state index contributed by atoms with van der Waals surface area (Å²) >= 11 is 0. The van der Waals surface area contributed by atoms with Crippen molar-refractivity contribution in [2.75, 3.05) is 13.2 Å². The second-order valence-electron chi connectivity index (χ2n) is 5.31. The third-order valence-electron chi connectivity index (χ3n) is 2.96. The molecule has 1 aliphatic rings. The van der Waals surface area contributed by atoms with E-state index in [-0.39, 0.29) is 17.8 Å². The molecule has 1 aliphatic carbocycles. The molecule has 0 amide bonds. The summed E-state index contributed by atoms with van der Waals surface area (Å²) < 4.78 is 5.38. The number of Topliss-reactive ketones (excluding diaryl/α,β-unsaturated/α-hetero) is 1. The van der Waals surface area contributed by atoms with Crippen molar-refractivity contribution < 1.29 is 9.53 Å². The van der Waals surface area contributed by atoms with Crippen LogP contribution in [-0.2, 0) is 9.53 Å². The van der Waals surface area contributed by atoms with E-state index in [9.17, 15) is 4.79 Å². The summed E-state index contributed by atoms with van der Waals surface area (Å²) in [6.07, 6.45) is 5.23. The van der Waals surface area contributed by atoms with E-state index in [1.807, 2.05) is 20.8 Å². The van der Waals surface area contributed by atoms with Gasteiger partial charge in [-0.3, -0.25) is 4.79 Å². The molecule has 0 atom stereocenters. The quantitative estimate of drug-likeness (QED) is 0.635. The number of hydrogen-bond donors (Lipinski definition) is 0. The minimum Gasteiger partial charge on any atom is -0.374 e.